The molecule has 194 valence electrons. The van der Waals surface area contributed by atoms with Gasteiger partial charge >= 0.3 is 0 Å². The van der Waals surface area contributed by atoms with Gasteiger partial charge in [-0.3, -0.25) is 19.6 Å². The van der Waals surface area contributed by atoms with Gasteiger partial charge in [0.05, 0.1) is 48.8 Å². The van der Waals surface area contributed by atoms with Crippen LogP contribution in [0, 0.1) is 17.1 Å². The summed E-state index contributed by atoms with van der Waals surface area (Å²) >= 11 is 0. The zero-order valence-corrected chi connectivity index (χ0v) is 21.2. The fraction of sp³-hybridized carbons (Fsp3) is 0.214. The van der Waals surface area contributed by atoms with Gasteiger partial charge in [-0.05, 0) is 43.4 Å². The molecule has 4 rings (SSSR count). The fourth-order valence-electron chi connectivity index (χ4n) is 4.30. The van der Waals surface area contributed by atoms with Crippen molar-refractivity contribution in [1.82, 2.24) is 25.0 Å². The number of methoxy groups -OCH3 is 1. The largest absolute Gasteiger partial charge is 0.494 e. The number of nitriles is 1. The maximum atomic E-state index is 14.8. The van der Waals surface area contributed by atoms with E-state index in [0.29, 0.717) is 17.8 Å². The van der Waals surface area contributed by atoms with Gasteiger partial charge in [0.25, 0.3) is 11.5 Å². The molecule has 0 fully saturated rings. The number of hydrogen-bond acceptors (Lipinski definition) is 6. The van der Waals surface area contributed by atoms with Crippen molar-refractivity contribution in [3.8, 4) is 11.8 Å². The summed E-state index contributed by atoms with van der Waals surface area (Å²) in [6.07, 6.45) is 3.16. The molecule has 9 nitrogen and oxygen atoms in total. The lowest BCUT2D eigenvalue weighted by atomic mass is 9.98. The summed E-state index contributed by atoms with van der Waals surface area (Å²) in [5, 5.41) is 19.1. The average molecular weight is 515 g/mol. The number of H-pyrrole nitrogens is 1. The van der Waals surface area contributed by atoms with E-state index in [4.69, 9.17) is 4.74 Å². The Morgan fingerprint density at radius 3 is 2.63 bits per heavy atom. The Morgan fingerprint density at radius 1 is 1.21 bits per heavy atom. The van der Waals surface area contributed by atoms with Crippen LogP contribution < -0.4 is 15.6 Å². The molecule has 38 heavy (non-hydrogen) atoms. The number of nitrogens with zero attached hydrogens (tertiary/aromatic N) is 4. The maximum Gasteiger partial charge on any atom is 0.255 e. The number of amides is 1. The van der Waals surface area contributed by atoms with Gasteiger partial charge in [-0.15, -0.1) is 0 Å². The zero-order chi connectivity index (χ0) is 27.2. The third-order valence-electron chi connectivity index (χ3n) is 6.22. The third kappa shape index (κ3) is 5.48. The van der Waals surface area contributed by atoms with E-state index in [2.05, 4.69) is 15.5 Å². The number of rotatable bonds is 9. The van der Waals surface area contributed by atoms with Crippen LogP contribution in [0.15, 0.2) is 71.8 Å². The minimum absolute atomic E-state index is 0.00879. The van der Waals surface area contributed by atoms with Crippen molar-refractivity contribution in [2.75, 3.05) is 21.2 Å². The summed E-state index contributed by atoms with van der Waals surface area (Å²) in [5.74, 6) is -1.17. The van der Waals surface area contributed by atoms with E-state index in [9.17, 15) is 19.2 Å². The SMILES string of the molecule is COc1ccc(C#N)c(CNC(=O)c2cn[nH]c2C(c2ccc(Cn3ccccc3=O)cc2)N(C)C)c1F. The highest BCUT2D eigenvalue weighted by Gasteiger charge is 2.25. The zero-order valence-electron chi connectivity index (χ0n) is 21.2. The number of halogens is 1. The van der Waals surface area contributed by atoms with Crippen LogP contribution in [0.25, 0.3) is 0 Å². The van der Waals surface area contributed by atoms with E-state index >= 15 is 0 Å². The molecule has 0 aliphatic heterocycles. The van der Waals surface area contributed by atoms with Gasteiger partial charge in [0, 0.05) is 24.4 Å². The number of carbonyl (C=O) groups excluding carboxylic acids is 1. The van der Waals surface area contributed by atoms with Crippen molar-refractivity contribution in [3.63, 3.8) is 0 Å². The second-order valence-corrected chi connectivity index (χ2v) is 8.87. The van der Waals surface area contributed by atoms with E-state index in [-0.39, 0.29) is 35.0 Å². The summed E-state index contributed by atoms with van der Waals surface area (Å²) in [4.78, 5) is 27.1. The molecular weight excluding hydrogens is 487 g/mol. The van der Waals surface area contributed by atoms with E-state index in [1.165, 1.54) is 31.5 Å². The van der Waals surface area contributed by atoms with Crippen molar-refractivity contribution < 1.29 is 13.9 Å². The number of aromatic amines is 1. The molecular formula is C28H27FN6O3. The molecule has 0 spiro atoms. The Hall–Kier alpha value is -4.75. The van der Waals surface area contributed by atoms with E-state index < -0.39 is 11.7 Å². The maximum absolute atomic E-state index is 14.8. The predicted octanol–water partition coefficient (Wildman–Crippen LogP) is 3.22. The molecule has 1 unspecified atom stereocenters. The summed E-state index contributed by atoms with van der Waals surface area (Å²) in [5.41, 5.74) is 2.80. The van der Waals surface area contributed by atoms with Gasteiger partial charge in [-0.2, -0.15) is 10.4 Å². The molecule has 0 saturated carbocycles. The van der Waals surface area contributed by atoms with Crippen molar-refractivity contribution in [3.05, 3.63) is 117 Å². The molecule has 4 aromatic rings. The number of pyridine rings is 1. The quantitative estimate of drug-likeness (QED) is 0.354. The Morgan fingerprint density at radius 2 is 1.97 bits per heavy atom. The lowest BCUT2D eigenvalue weighted by Gasteiger charge is -2.25. The van der Waals surface area contributed by atoms with Crippen LogP contribution >= 0.6 is 0 Å². The first-order valence-corrected chi connectivity index (χ1v) is 11.8. The van der Waals surface area contributed by atoms with Crippen LogP contribution in [0.1, 0.15) is 44.3 Å². The Balaban J connectivity index is 1.56. The highest BCUT2D eigenvalue weighted by Crippen LogP contribution is 2.28. The molecule has 0 bridgehead atoms. The molecule has 10 heteroatoms. The summed E-state index contributed by atoms with van der Waals surface area (Å²) in [6.45, 7) is 0.241. The average Bonchev–Trinajstić information content (AvgIpc) is 3.39. The molecule has 0 aliphatic carbocycles. The van der Waals surface area contributed by atoms with Crippen LogP contribution in [0.4, 0.5) is 4.39 Å². The predicted molar refractivity (Wildman–Crippen MR) is 139 cm³/mol. The summed E-state index contributed by atoms with van der Waals surface area (Å²) < 4.78 is 21.4. The van der Waals surface area contributed by atoms with Crippen LogP contribution in [-0.2, 0) is 13.1 Å². The smallest absolute Gasteiger partial charge is 0.255 e. The van der Waals surface area contributed by atoms with Crippen LogP contribution in [-0.4, -0.2) is 46.8 Å². The van der Waals surface area contributed by atoms with E-state index in [0.717, 1.165) is 11.1 Å². The molecule has 1 atom stereocenters. The highest BCUT2D eigenvalue weighted by molar-refractivity contribution is 5.95. The van der Waals surface area contributed by atoms with E-state index in [1.54, 1.807) is 16.8 Å². The highest BCUT2D eigenvalue weighted by atomic mass is 19.1. The van der Waals surface area contributed by atoms with Gasteiger partial charge in [0.15, 0.2) is 11.6 Å². The molecule has 0 aliphatic rings. The normalized spacial score (nSPS) is 11.7. The first-order chi connectivity index (χ1) is 18.3. The van der Waals surface area contributed by atoms with Crippen molar-refractivity contribution in [1.29, 1.82) is 5.26 Å². The minimum Gasteiger partial charge on any atom is -0.494 e. The van der Waals surface area contributed by atoms with E-state index in [1.807, 2.05) is 55.4 Å². The Kier molecular flexibility index (Phi) is 7.99. The number of aromatic nitrogens is 3. The fourth-order valence-corrected chi connectivity index (χ4v) is 4.30. The van der Waals surface area contributed by atoms with Crippen molar-refractivity contribution >= 4 is 5.91 Å². The van der Waals surface area contributed by atoms with Crippen molar-refractivity contribution in [2.45, 2.75) is 19.1 Å². The van der Waals surface area contributed by atoms with Crippen molar-refractivity contribution in [2.24, 2.45) is 0 Å². The number of carbonyl (C=O) groups is 1. The minimum atomic E-state index is -0.691. The lowest BCUT2D eigenvalue weighted by Crippen LogP contribution is -2.28. The number of nitrogens with one attached hydrogen (secondary N) is 2. The monoisotopic (exact) mass is 514 g/mol. The topological polar surface area (TPSA) is 116 Å². The van der Waals surface area contributed by atoms with Crippen LogP contribution in [0.2, 0.25) is 0 Å². The molecule has 0 saturated heterocycles. The lowest BCUT2D eigenvalue weighted by molar-refractivity contribution is 0.0948. The number of benzene rings is 2. The van der Waals surface area contributed by atoms with Gasteiger partial charge in [0.1, 0.15) is 0 Å². The van der Waals surface area contributed by atoms with Gasteiger partial charge in [-0.25, -0.2) is 4.39 Å². The van der Waals surface area contributed by atoms with Gasteiger partial charge < -0.3 is 14.6 Å². The van der Waals surface area contributed by atoms with Gasteiger partial charge in [-0.1, -0.05) is 30.3 Å². The van der Waals surface area contributed by atoms with Crippen LogP contribution in [0.3, 0.4) is 0 Å². The number of hydrogen-bond donors (Lipinski definition) is 2. The Bertz CT molecular complexity index is 1540. The van der Waals surface area contributed by atoms with Gasteiger partial charge in [0.2, 0.25) is 0 Å². The third-order valence-corrected chi connectivity index (χ3v) is 6.22. The number of ether oxygens (including phenoxy) is 1. The second kappa shape index (κ2) is 11.5. The molecule has 0 radical (unpaired) electrons. The first-order valence-electron chi connectivity index (χ1n) is 11.8. The standard InChI is InChI=1S/C28H27FN6O3/c1-34(2)27(19-9-7-18(8-10-19)17-35-13-5-4-6-24(35)36)26-22(16-32-33-26)28(37)31-15-21-20(14-30)11-12-23(38-3)25(21)29/h4-13,16,27H,15,17H2,1-3H3,(H,31,37)(H,32,33). The molecule has 1 amide bonds. The van der Waals surface area contributed by atoms with Crippen LogP contribution in [0.5, 0.6) is 5.75 Å². The molecule has 2 aromatic heterocycles. The molecule has 2 heterocycles. The summed E-state index contributed by atoms with van der Waals surface area (Å²) in [7, 11) is 5.10. The first kappa shape index (κ1) is 26.3. The summed E-state index contributed by atoms with van der Waals surface area (Å²) in [6, 6.07) is 17.2. The second-order valence-electron chi connectivity index (χ2n) is 8.87. The molecule has 2 N–H and O–H groups in total. The Labute approximate surface area is 219 Å². The molecule has 2 aromatic carbocycles.